The van der Waals surface area contributed by atoms with E-state index in [-0.39, 0.29) is 46.0 Å². The van der Waals surface area contributed by atoms with Crippen LogP contribution in [0.25, 0.3) is 0 Å². The van der Waals surface area contributed by atoms with Crippen LogP contribution in [0.15, 0.2) is 30.3 Å². The van der Waals surface area contributed by atoms with E-state index in [1.54, 1.807) is 0 Å². The molecule has 2 bridgehead atoms. The Morgan fingerprint density at radius 1 is 1.27 bits per heavy atom. The third-order valence-corrected chi connectivity index (χ3v) is 5.01. The number of benzene rings is 1. The molecule has 5 heteroatoms. The topological polar surface area (TPSA) is 49.8 Å². The van der Waals surface area contributed by atoms with Gasteiger partial charge in [0.2, 0.25) is 0 Å². The van der Waals surface area contributed by atoms with E-state index in [9.17, 15) is 9.90 Å². The summed E-state index contributed by atoms with van der Waals surface area (Å²) in [5.41, 5.74) is 0.820. The Morgan fingerprint density at radius 3 is 2.41 bits per heavy atom. The van der Waals surface area contributed by atoms with Gasteiger partial charge in [0.25, 0.3) is 0 Å². The molecule has 2 fully saturated rings. The molecule has 0 spiro atoms. The number of esters is 1. The van der Waals surface area contributed by atoms with Crippen LogP contribution < -0.4 is 0 Å². The van der Waals surface area contributed by atoms with E-state index in [0.29, 0.717) is 12.1 Å². The van der Waals surface area contributed by atoms with E-state index < -0.39 is 5.92 Å². The number of hydrogen-bond acceptors (Lipinski definition) is 4. The van der Waals surface area contributed by atoms with Crippen molar-refractivity contribution in [2.24, 2.45) is 0 Å². The Bertz CT molecular complexity index is 482. The number of ether oxygens (including phenoxy) is 1. The van der Waals surface area contributed by atoms with Crippen molar-refractivity contribution in [2.45, 2.75) is 49.8 Å². The van der Waals surface area contributed by atoms with Crippen LogP contribution in [0, 0.1) is 0 Å². The molecule has 4 nitrogen and oxygen atoms in total. The fourth-order valence-electron chi connectivity index (χ4n) is 3.71. The van der Waals surface area contributed by atoms with Crippen molar-refractivity contribution in [1.82, 2.24) is 4.90 Å². The average Bonchev–Trinajstić information content (AvgIpc) is 2.72. The minimum atomic E-state index is -0.566. The number of piperidine rings is 1. The fraction of sp³-hybridized carbons (Fsp3) is 0.588. The van der Waals surface area contributed by atoms with Crippen molar-refractivity contribution in [3.63, 3.8) is 0 Å². The van der Waals surface area contributed by atoms with E-state index in [0.717, 1.165) is 18.4 Å². The van der Waals surface area contributed by atoms with Crippen molar-refractivity contribution < 1.29 is 14.6 Å². The van der Waals surface area contributed by atoms with Crippen LogP contribution in [0.4, 0.5) is 0 Å². The minimum absolute atomic E-state index is 0. The van der Waals surface area contributed by atoms with Crippen LogP contribution in [0.1, 0.15) is 37.2 Å². The SMILES string of the molecule is CN1[C@@H]2CC[C@H]1C[C@@H](OC(=O)C(CO)c1ccccc1)C2.[PbH2]. The van der Waals surface area contributed by atoms with Gasteiger partial charge in [0.15, 0.2) is 0 Å². The number of rotatable bonds is 4. The van der Waals surface area contributed by atoms with Gasteiger partial charge in [-0.1, -0.05) is 30.3 Å². The Morgan fingerprint density at radius 2 is 1.86 bits per heavy atom. The fourth-order valence-corrected chi connectivity index (χ4v) is 3.71. The molecule has 1 unspecified atom stereocenters. The third kappa shape index (κ3) is 3.71. The van der Waals surface area contributed by atoms with Crippen molar-refractivity contribution in [3.05, 3.63) is 35.9 Å². The molecule has 2 radical (unpaired) electrons. The van der Waals surface area contributed by atoms with Crippen LogP contribution in [0.3, 0.4) is 0 Å². The number of aliphatic hydroxyl groups is 1. The second-order valence-corrected chi connectivity index (χ2v) is 6.23. The van der Waals surface area contributed by atoms with Crippen LogP contribution in [0.2, 0.25) is 0 Å². The summed E-state index contributed by atoms with van der Waals surface area (Å²) < 4.78 is 5.70. The average molecular weight is 499 g/mol. The van der Waals surface area contributed by atoms with Crippen LogP contribution >= 0.6 is 0 Å². The summed E-state index contributed by atoms with van der Waals surface area (Å²) in [7, 11) is 2.17. The first kappa shape index (κ1) is 17.9. The zero-order valence-electron chi connectivity index (χ0n) is 13.1. The van der Waals surface area contributed by atoms with E-state index in [1.807, 2.05) is 30.3 Å². The molecule has 0 aliphatic carbocycles. The van der Waals surface area contributed by atoms with Crippen LogP contribution in [-0.4, -0.2) is 75.1 Å². The van der Waals surface area contributed by atoms with Gasteiger partial charge in [0, 0.05) is 12.1 Å². The Kier molecular flexibility index (Phi) is 6.40. The number of aliphatic hydroxyl groups excluding tert-OH is 1. The van der Waals surface area contributed by atoms with Gasteiger partial charge in [-0.25, -0.2) is 0 Å². The molecule has 0 saturated carbocycles. The van der Waals surface area contributed by atoms with Gasteiger partial charge in [-0.05, 0) is 38.3 Å². The van der Waals surface area contributed by atoms with Crippen molar-refractivity contribution >= 4 is 33.3 Å². The second kappa shape index (κ2) is 7.88. The van der Waals surface area contributed by atoms with Gasteiger partial charge >= 0.3 is 33.3 Å². The number of fused-ring (bicyclic) bond motifs is 2. The molecule has 1 N–H and O–H groups in total. The van der Waals surface area contributed by atoms with Gasteiger partial charge in [-0.3, -0.25) is 4.79 Å². The van der Waals surface area contributed by atoms with Crippen LogP contribution in [-0.2, 0) is 9.53 Å². The summed E-state index contributed by atoms with van der Waals surface area (Å²) in [5, 5.41) is 9.53. The molecule has 120 valence electrons. The van der Waals surface area contributed by atoms with E-state index in [4.69, 9.17) is 4.74 Å². The summed E-state index contributed by atoms with van der Waals surface area (Å²) >= 11 is 0. The molecule has 22 heavy (non-hydrogen) atoms. The van der Waals surface area contributed by atoms with Crippen LogP contribution in [0.5, 0.6) is 0 Å². The molecule has 2 saturated heterocycles. The van der Waals surface area contributed by atoms with Crippen molar-refractivity contribution in [1.29, 1.82) is 0 Å². The van der Waals surface area contributed by atoms with Gasteiger partial charge < -0.3 is 14.7 Å². The summed E-state index contributed by atoms with van der Waals surface area (Å²) in [6, 6.07) is 10.5. The molecule has 2 heterocycles. The maximum absolute atomic E-state index is 12.4. The Labute approximate surface area is 152 Å². The van der Waals surface area contributed by atoms with Gasteiger partial charge in [0.1, 0.15) is 12.0 Å². The van der Waals surface area contributed by atoms with E-state index >= 15 is 0 Å². The first-order valence-electron chi connectivity index (χ1n) is 7.77. The number of hydrogen-bond donors (Lipinski definition) is 1. The Hall–Kier alpha value is -0.468. The number of nitrogens with zero attached hydrogens (tertiary/aromatic N) is 1. The monoisotopic (exact) mass is 499 g/mol. The molecule has 1 aromatic carbocycles. The Balaban J connectivity index is 0.00000176. The first-order valence-corrected chi connectivity index (χ1v) is 7.77. The maximum atomic E-state index is 12.4. The summed E-state index contributed by atoms with van der Waals surface area (Å²) in [6.45, 7) is -0.206. The zero-order valence-corrected chi connectivity index (χ0v) is 18.6. The molecule has 4 atom stereocenters. The second-order valence-electron chi connectivity index (χ2n) is 6.23. The quantitative estimate of drug-likeness (QED) is 0.498. The predicted molar refractivity (Wildman–Crippen MR) is 88.5 cm³/mol. The third-order valence-electron chi connectivity index (χ3n) is 5.01. The van der Waals surface area contributed by atoms with Crippen molar-refractivity contribution in [3.8, 4) is 0 Å². The van der Waals surface area contributed by atoms with Gasteiger partial charge in [0.05, 0.1) is 6.61 Å². The molecule has 1 aromatic rings. The van der Waals surface area contributed by atoms with E-state index in [2.05, 4.69) is 11.9 Å². The molecule has 2 aliphatic heterocycles. The summed E-state index contributed by atoms with van der Waals surface area (Å²) in [4.78, 5) is 14.8. The zero-order chi connectivity index (χ0) is 14.8. The molecular weight excluding hydrogens is 473 g/mol. The number of carbonyl (C=O) groups excluding carboxylic acids is 1. The summed E-state index contributed by atoms with van der Waals surface area (Å²) in [6.07, 6.45) is 4.26. The molecule has 2 aliphatic rings. The predicted octanol–water partition coefficient (Wildman–Crippen LogP) is 1.01. The van der Waals surface area contributed by atoms with Gasteiger partial charge in [-0.2, -0.15) is 0 Å². The normalized spacial score (nSPS) is 28.7. The van der Waals surface area contributed by atoms with Crippen molar-refractivity contribution in [2.75, 3.05) is 13.7 Å². The first-order chi connectivity index (χ1) is 10.2. The van der Waals surface area contributed by atoms with Gasteiger partial charge in [-0.15, -0.1) is 0 Å². The molecule has 0 aromatic heterocycles. The molecular formula is C17H25NO3Pb. The number of carbonyl (C=O) groups is 1. The molecule has 0 amide bonds. The standard InChI is InChI=1S/C17H23NO3.Pb.2H/c1-18-13-7-8-14(18)10-15(9-13)21-17(20)16(11-19)12-5-3-2-4-6-12;;;/h2-6,13-16,19H,7-11H2,1H3;;;/t13-,14+,15+,16?;;;. The molecule has 3 rings (SSSR count). The summed E-state index contributed by atoms with van der Waals surface area (Å²) in [5.74, 6) is -0.860. The van der Waals surface area contributed by atoms with E-state index in [1.165, 1.54) is 12.8 Å².